The Balaban J connectivity index is 0.000000322. The van der Waals surface area contributed by atoms with Gasteiger partial charge >= 0.3 is 5.96 Å². The summed E-state index contributed by atoms with van der Waals surface area (Å²) in [5, 5.41) is 39.2. The summed E-state index contributed by atoms with van der Waals surface area (Å²) >= 11 is 0. The number of aromatic amines is 1. The maximum absolute atomic E-state index is 10.7. The van der Waals surface area contributed by atoms with Gasteiger partial charge in [0.1, 0.15) is 13.1 Å². The SMILES string of the molecule is NNC(NN)=[NH+]N.O=[N+]([O-])N(Cc1nn[nH]n1)Cc1nnn[n-]1. The van der Waals surface area contributed by atoms with E-state index >= 15 is 0 Å². The molecule has 0 fully saturated rings. The molecule has 0 saturated heterocycles. The summed E-state index contributed by atoms with van der Waals surface area (Å²) < 4.78 is 0. The van der Waals surface area contributed by atoms with Crippen LogP contribution in [0.1, 0.15) is 11.6 Å². The zero-order valence-corrected chi connectivity index (χ0v) is 11.5. The fourth-order valence-corrected chi connectivity index (χ4v) is 1.10. The quantitative estimate of drug-likeness (QED) is 0.0881. The summed E-state index contributed by atoms with van der Waals surface area (Å²) in [6.45, 7) is -0.243. The number of nitrogens with one attached hydrogen (secondary N) is 4. The van der Waals surface area contributed by atoms with Gasteiger partial charge in [0.25, 0.3) is 0 Å². The van der Waals surface area contributed by atoms with E-state index in [1.807, 2.05) is 0 Å². The fourth-order valence-electron chi connectivity index (χ4n) is 1.10. The number of tetrazole rings is 2. The van der Waals surface area contributed by atoms with Gasteiger partial charge in [-0.05, 0) is 0 Å². The first-order valence-electron chi connectivity index (χ1n) is 5.66. The molecule has 10 N–H and O–H groups in total. The molecule has 18 nitrogen and oxygen atoms in total. The number of hydrogen-bond donors (Lipinski definition) is 7. The maximum Gasteiger partial charge on any atom is 0.398 e. The van der Waals surface area contributed by atoms with E-state index in [-0.39, 0.29) is 30.7 Å². The zero-order chi connectivity index (χ0) is 17.1. The highest BCUT2D eigenvalue weighted by Gasteiger charge is 2.17. The highest BCUT2D eigenvalue weighted by molar-refractivity contribution is 5.72. The predicted octanol–water partition coefficient (Wildman–Crippen LogP) is -7.24. The molecule has 0 spiro atoms. The van der Waals surface area contributed by atoms with Gasteiger partial charge in [-0.3, -0.25) is 16.2 Å². The molecule has 2 aromatic heterocycles. The fraction of sp³-hybridized carbons (Fsp3) is 0.400. The van der Waals surface area contributed by atoms with Gasteiger partial charge in [0.05, 0.1) is 0 Å². The summed E-state index contributed by atoms with van der Waals surface area (Å²) in [7, 11) is 0. The molecule has 126 valence electrons. The van der Waals surface area contributed by atoms with Gasteiger partial charge in [0.2, 0.25) is 0 Å². The molecule has 0 saturated carbocycles. The molecule has 18 heteroatoms. The number of nitrogens with zero attached hydrogens (tertiary/aromatic N) is 9. The topological polar surface area (TPSA) is 270 Å². The normalized spacial score (nSPS) is 9.30. The van der Waals surface area contributed by atoms with Gasteiger partial charge in [-0.2, -0.15) is 27.2 Å². The van der Waals surface area contributed by atoms with Gasteiger partial charge in [0, 0.05) is 5.82 Å². The van der Waals surface area contributed by atoms with Crippen LogP contribution in [0.25, 0.3) is 0 Å². The molecule has 0 radical (unpaired) electrons. The van der Waals surface area contributed by atoms with Gasteiger partial charge in [-0.25, -0.2) is 21.0 Å². The first-order chi connectivity index (χ1) is 11.1. The minimum atomic E-state index is -0.604. The lowest BCUT2D eigenvalue weighted by Crippen LogP contribution is -2.86. The molecule has 0 aliphatic carbocycles. The van der Waals surface area contributed by atoms with Gasteiger partial charge in [0.15, 0.2) is 10.9 Å². The highest BCUT2D eigenvalue weighted by atomic mass is 16.7. The highest BCUT2D eigenvalue weighted by Crippen LogP contribution is 2.01. The second-order valence-electron chi connectivity index (χ2n) is 3.49. The van der Waals surface area contributed by atoms with Crippen LogP contribution in [0, 0.1) is 10.1 Å². The van der Waals surface area contributed by atoms with Crippen LogP contribution >= 0.6 is 0 Å². The van der Waals surface area contributed by atoms with Crippen LogP contribution in [-0.4, -0.2) is 52.2 Å². The second kappa shape index (κ2) is 9.30. The molecule has 2 aromatic rings. The number of nitrogens with two attached hydrogens (primary N) is 3. The molecule has 0 aliphatic heterocycles. The maximum atomic E-state index is 10.7. The van der Waals surface area contributed by atoms with Crippen LogP contribution in [0.3, 0.4) is 0 Å². The van der Waals surface area contributed by atoms with Crippen molar-refractivity contribution in [1.82, 2.24) is 57.1 Å². The van der Waals surface area contributed by atoms with Gasteiger partial charge in [-0.15, -0.1) is 15.2 Å². The van der Waals surface area contributed by atoms with Crippen molar-refractivity contribution in [2.45, 2.75) is 13.1 Å². The smallest absolute Gasteiger partial charge is 0.333 e. The Morgan fingerprint density at radius 2 is 2.13 bits per heavy atom. The summed E-state index contributed by atoms with van der Waals surface area (Å²) in [6.07, 6.45) is 0. The van der Waals surface area contributed by atoms with Crippen LogP contribution in [0.5, 0.6) is 0 Å². The van der Waals surface area contributed by atoms with Gasteiger partial charge < -0.3 is 5.10 Å². The zero-order valence-electron chi connectivity index (χ0n) is 11.5. The molecule has 2 rings (SSSR count). The van der Waals surface area contributed by atoms with Crippen molar-refractivity contribution < 1.29 is 10.1 Å². The van der Waals surface area contributed by atoms with Crippen molar-refractivity contribution in [2.24, 2.45) is 17.5 Å². The van der Waals surface area contributed by atoms with Crippen molar-refractivity contribution in [2.75, 3.05) is 0 Å². The molecule has 0 aliphatic rings. The molecule has 0 unspecified atom stereocenters. The number of hydrogen-bond acceptors (Lipinski definition) is 11. The van der Waals surface area contributed by atoms with E-state index in [4.69, 9.17) is 17.5 Å². The molecule has 0 bridgehead atoms. The van der Waals surface area contributed by atoms with Crippen LogP contribution in [0.2, 0.25) is 0 Å². The van der Waals surface area contributed by atoms with E-state index in [2.05, 4.69) is 57.2 Å². The first-order valence-corrected chi connectivity index (χ1v) is 5.66. The van der Waals surface area contributed by atoms with E-state index in [1.165, 1.54) is 0 Å². The number of guanidine groups is 1. The Morgan fingerprint density at radius 3 is 2.52 bits per heavy atom. The minimum Gasteiger partial charge on any atom is -0.333 e. The monoisotopic (exact) mass is 330 g/mol. The van der Waals surface area contributed by atoms with Crippen LogP contribution < -0.4 is 38.6 Å². The largest absolute Gasteiger partial charge is 0.398 e. The number of aromatic nitrogens is 8. The Morgan fingerprint density at radius 1 is 1.39 bits per heavy atom. The minimum absolute atomic E-state index is 0.113. The van der Waals surface area contributed by atoms with E-state index in [0.717, 1.165) is 5.01 Å². The number of nitro groups is 1. The molecule has 23 heavy (non-hydrogen) atoms. The number of hydrazone groups is 1. The average molecular weight is 330 g/mol. The third-order valence-corrected chi connectivity index (χ3v) is 2.06. The van der Waals surface area contributed by atoms with E-state index in [9.17, 15) is 10.1 Å². The van der Waals surface area contributed by atoms with Crippen LogP contribution in [-0.2, 0) is 13.1 Å². The Kier molecular flexibility index (Phi) is 7.03. The Labute approximate surface area is 126 Å². The average Bonchev–Trinajstić information content (AvgIpc) is 3.22. The molecule has 0 aromatic carbocycles. The predicted molar refractivity (Wildman–Crippen MR) is 68.4 cm³/mol. The number of rotatable bonds is 5. The van der Waals surface area contributed by atoms with Crippen LogP contribution in [0.15, 0.2) is 0 Å². The molecule has 2 heterocycles. The van der Waals surface area contributed by atoms with E-state index in [1.54, 1.807) is 0 Å². The molecule has 0 amide bonds. The van der Waals surface area contributed by atoms with Crippen molar-refractivity contribution >= 4 is 5.96 Å². The molecular weight excluding hydrogens is 316 g/mol. The third-order valence-electron chi connectivity index (χ3n) is 2.06. The third kappa shape index (κ3) is 6.09. The van der Waals surface area contributed by atoms with Crippen molar-refractivity contribution in [3.8, 4) is 0 Å². The van der Waals surface area contributed by atoms with Crippen molar-refractivity contribution in [3.63, 3.8) is 0 Å². The summed E-state index contributed by atoms with van der Waals surface area (Å²) in [5.74, 6) is 15.1. The number of H-pyrrole nitrogens is 1. The van der Waals surface area contributed by atoms with E-state index < -0.39 is 5.03 Å². The van der Waals surface area contributed by atoms with Gasteiger partial charge in [-0.1, -0.05) is 5.21 Å². The lowest BCUT2D eigenvalue weighted by atomic mass is 10.5. The Bertz CT molecular complexity index is 533. The Hall–Kier alpha value is -3.67. The summed E-state index contributed by atoms with van der Waals surface area (Å²) in [4.78, 5) is 10.7. The van der Waals surface area contributed by atoms with E-state index in [0.29, 0.717) is 0 Å². The molecular formula is C5H14N16O2. The first kappa shape index (κ1) is 17.4. The molecule has 0 atom stereocenters. The number of hydrazine groups is 4. The van der Waals surface area contributed by atoms with Crippen LogP contribution in [0.4, 0.5) is 0 Å². The summed E-state index contributed by atoms with van der Waals surface area (Å²) in [5.41, 5.74) is 4.29. The lowest BCUT2D eigenvalue weighted by molar-refractivity contribution is -0.664. The second-order valence-corrected chi connectivity index (χ2v) is 3.49. The standard InChI is InChI=1S/C4H5N10O2.CH8N6/c15-14(16)13(1-3-5-9-10-6-3)2-4-7-11-12-8-4;2-5-1(6-3)7-4/h1-2H2,(H-,5,6,7,8,9,10,11,12);2-4H2,(H2,5,6,7)/q-1;/p+1. The summed E-state index contributed by atoms with van der Waals surface area (Å²) in [6, 6.07) is 0. The van der Waals surface area contributed by atoms with Crippen molar-refractivity contribution in [3.05, 3.63) is 21.8 Å². The van der Waals surface area contributed by atoms with Crippen molar-refractivity contribution in [1.29, 1.82) is 0 Å². The lowest BCUT2D eigenvalue weighted by Gasteiger charge is -2.11.